The average Bonchev–Trinajstić information content (AvgIpc) is 2.17. The highest BCUT2D eigenvalue weighted by Gasteiger charge is 2.10. The Hall–Kier alpha value is -1.07. The van der Waals surface area contributed by atoms with Crippen LogP contribution in [0.25, 0.3) is 0 Å². The monoisotopic (exact) mass is 273 g/mol. The molecular formula is C10H12BrNO3. The van der Waals surface area contributed by atoms with Gasteiger partial charge >= 0.3 is 5.97 Å². The highest BCUT2D eigenvalue weighted by atomic mass is 79.9. The number of carbonyl (C=O) groups is 1. The maximum atomic E-state index is 10.4. The first-order valence-corrected chi connectivity index (χ1v) is 5.25. The number of ether oxygens (including phenoxy) is 1. The molecule has 0 aliphatic rings. The molecule has 0 radical (unpaired) electrons. The van der Waals surface area contributed by atoms with Gasteiger partial charge in [0.25, 0.3) is 0 Å². The fourth-order valence-corrected chi connectivity index (χ4v) is 1.36. The number of carboxylic acid groups (broad SMARTS) is 1. The first kappa shape index (κ1) is 12.0. The zero-order chi connectivity index (χ0) is 11.3. The van der Waals surface area contributed by atoms with Crippen molar-refractivity contribution in [2.75, 3.05) is 6.61 Å². The number of rotatable bonds is 5. The molecule has 4 nitrogen and oxygen atoms in total. The highest BCUT2D eigenvalue weighted by Crippen LogP contribution is 2.17. The van der Waals surface area contributed by atoms with E-state index in [0.717, 1.165) is 4.47 Å². The number of aliphatic carboxylic acids is 1. The predicted octanol–water partition coefficient (Wildman–Crippen LogP) is 1.63. The second kappa shape index (κ2) is 5.72. The number of benzene rings is 1. The van der Waals surface area contributed by atoms with E-state index in [1.807, 2.05) is 18.2 Å². The summed E-state index contributed by atoms with van der Waals surface area (Å²) in [6.45, 7) is 0.296. The van der Waals surface area contributed by atoms with Gasteiger partial charge in [-0.3, -0.25) is 4.79 Å². The molecule has 0 fully saturated rings. The summed E-state index contributed by atoms with van der Waals surface area (Å²) < 4.78 is 6.25. The summed E-state index contributed by atoms with van der Waals surface area (Å²) in [6, 6.07) is 6.48. The van der Waals surface area contributed by atoms with E-state index in [0.29, 0.717) is 18.8 Å². The van der Waals surface area contributed by atoms with Crippen LogP contribution in [0.1, 0.15) is 6.42 Å². The van der Waals surface area contributed by atoms with Gasteiger partial charge in [0.05, 0.1) is 6.61 Å². The third kappa shape index (κ3) is 4.31. The molecule has 15 heavy (non-hydrogen) atoms. The molecule has 0 aromatic heterocycles. The summed E-state index contributed by atoms with van der Waals surface area (Å²) in [6.07, 6.45) is 0.293. The Morgan fingerprint density at radius 3 is 2.93 bits per heavy atom. The Morgan fingerprint density at radius 2 is 2.33 bits per heavy atom. The van der Waals surface area contributed by atoms with Crippen LogP contribution >= 0.6 is 15.9 Å². The van der Waals surface area contributed by atoms with E-state index in [-0.39, 0.29) is 0 Å². The van der Waals surface area contributed by atoms with Crippen molar-refractivity contribution in [2.45, 2.75) is 12.5 Å². The molecule has 1 aromatic rings. The fourth-order valence-electron chi connectivity index (χ4n) is 0.984. The van der Waals surface area contributed by atoms with Gasteiger partial charge < -0.3 is 15.6 Å². The molecule has 0 saturated heterocycles. The lowest BCUT2D eigenvalue weighted by atomic mass is 10.2. The van der Waals surface area contributed by atoms with Crippen LogP contribution in [0.4, 0.5) is 0 Å². The van der Waals surface area contributed by atoms with Crippen molar-refractivity contribution < 1.29 is 14.6 Å². The van der Waals surface area contributed by atoms with Gasteiger partial charge in [0.1, 0.15) is 11.8 Å². The lowest BCUT2D eigenvalue weighted by Crippen LogP contribution is -2.31. The molecule has 0 bridgehead atoms. The molecule has 0 aliphatic carbocycles. The van der Waals surface area contributed by atoms with Gasteiger partial charge in [-0.1, -0.05) is 22.0 Å². The number of hydrogen-bond donors (Lipinski definition) is 2. The van der Waals surface area contributed by atoms with Crippen molar-refractivity contribution in [3.05, 3.63) is 28.7 Å². The molecule has 0 saturated carbocycles. The van der Waals surface area contributed by atoms with Gasteiger partial charge in [-0.25, -0.2) is 0 Å². The SMILES string of the molecule is N[C@H](CCOc1cccc(Br)c1)C(=O)O. The van der Waals surface area contributed by atoms with Crippen LogP contribution in [0.3, 0.4) is 0 Å². The fraction of sp³-hybridized carbons (Fsp3) is 0.300. The Balaban J connectivity index is 2.35. The molecule has 1 rings (SSSR count). The topological polar surface area (TPSA) is 72.5 Å². The van der Waals surface area contributed by atoms with Crippen LogP contribution in [0, 0.1) is 0 Å². The molecule has 82 valence electrons. The molecule has 0 unspecified atom stereocenters. The quantitative estimate of drug-likeness (QED) is 0.856. The van der Waals surface area contributed by atoms with E-state index in [1.54, 1.807) is 6.07 Å². The van der Waals surface area contributed by atoms with Crippen molar-refractivity contribution in [3.63, 3.8) is 0 Å². The Morgan fingerprint density at radius 1 is 1.60 bits per heavy atom. The first-order valence-electron chi connectivity index (χ1n) is 4.46. The van der Waals surface area contributed by atoms with Crippen molar-refractivity contribution in [3.8, 4) is 5.75 Å². The van der Waals surface area contributed by atoms with Crippen molar-refractivity contribution in [1.82, 2.24) is 0 Å². The van der Waals surface area contributed by atoms with Crippen molar-refractivity contribution >= 4 is 21.9 Å². The summed E-state index contributed by atoms with van der Waals surface area (Å²) in [5.41, 5.74) is 5.32. The van der Waals surface area contributed by atoms with Gasteiger partial charge in [0.2, 0.25) is 0 Å². The molecule has 0 aliphatic heterocycles. The molecule has 1 atom stereocenters. The Kier molecular flexibility index (Phi) is 4.58. The van der Waals surface area contributed by atoms with E-state index in [2.05, 4.69) is 15.9 Å². The normalized spacial score (nSPS) is 12.1. The number of hydrogen-bond acceptors (Lipinski definition) is 3. The lowest BCUT2D eigenvalue weighted by molar-refractivity contribution is -0.138. The first-order chi connectivity index (χ1) is 7.09. The second-order valence-electron chi connectivity index (χ2n) is 3.04. The molecule has 5 heteroatoms. The third-order valence-electron chi connectivity index (χ3n) is 1.81. The van der Waals surface area contributed by atoms with Crippen LogP contribution in [0.2, 0.25) is 0 Å². The van der Waals surface area contributed by atoms with Crippen molar-refractivity contribution in [2.24, 2.45) is 5.73 Å². The van der Waals surface area contributed by atoms with E-state index >= 15 is 0 Å². The maximum absolute atomic E-state index is 10.4. The van der Waals surface area contributed by atoms with E-state index in [9.17, 15) is 4.79 Å². The minimum atomic E-state index is -1.01. The predicted molar refractivity (Wildman–Crippen MR) is 59.9 cm³/mol. The van der Waals surface area contributed by atoms with Crippen molar-refractivity contribution in [1.29, 1.82) is 0 Å². The van der Waals surface area contributed by atoms with E-state index < -0.39 is 12.0 Å². The summed E-state index contributed by atoms with van der Waals surface area (Å²) >= 11 is 3.31. The summed E-state index contributed by atoms with van der Waals surface area (Å²) in [4.78, 5) is 10.4. The van der Waals surface area contributed by atoms with Gasteiger partial charge in [-0.2, -0.15) is 0 Å². The van der Waals surface area contributed by atoms with Gasteiger partial charge in [0.15, 0.2) is 0 Å². The smallest absolute Gasteiger partial charge is 0.320 e. The number of halogens is 1. The summed E-state index contributed by atoms with van der Waals surface area (Å²) in [5, 5.41) is 8.54. The maximum Gasteiger partial charge on any atom is 0.320 e. The zero-order valence-electron chi connectivity index (χ0n) is 8.02. The Labute approximate surface area is 96.2 Å². The summed E-state index contributed by atoms with van der Waals surface area (Å²) in [5.74, 6) is -0.310. The minimum Gasteiger partial charge on any atom is -0.493 e. The van der Waals surface area contributed by atoms with Gasteiger partial charge in [0, 0.05) is 10.9 Å². The van der Waals surface area contributed by atoms with Crippen LogP contribution in [0.5, 0.6) is 5.75 Å². The van der Waals surface area contributed by atoms with Gasteiger partial charge in [-0.15, -0.1) is 0 Å². The molecule has 1 aromatic carbocycles. The standard InChI is InChI=1S/C10H12BrNO3/c11-7-2-1-3-8(6-7)15-5-4-9(12)10(13)14/h1-3,6,9H,4-5,12H2,(H,13,14)/t9-/m1/s1. The van der Waals surface area contributed by atoms with E-state index in [1.165, 1.54) is 0 Å². The Bertz CT molecular complexity index is 343. The van der Waals surface area contributed by atoms with Crippen LogP contribution in [0.15, 0.2) is 28.7 Å². The lowest BCUT2D eigenvalue weighted by Gasteiger charge is -2.08. The third-order valence-corrected chi connectivity index (χ3v) is 2.30. The van der Waals surface area contributed by atoms with Gasteiger partial charge in [-0.05, 0) is 18.2 Å². The molecule has 3 N–H and O–H groups in total. The van der Waals surface area contributed by atoms with E-state index in [4.69, 9.17) is 15.6 Å². The molecule has 0 spiro atoms. The largest absolute Gasteiger partial charge is 0.493 e. The van der Waals surface area contributed by atoms with Crippen LogP contribution in [-0.4, -0.2) is 23.7 Å². The van der Waals surface area contributed by atoms with Crippen LogP contribution < -0.4 is 10.5 Å². The zero-order valence-corrected chi connectivity index (χ0v) is 9.61. The highest BCUT2D eigenvalue weighted by molar-refractivity contribution is 9.10. The average molecular weight is 274 g/mol. The second-order valence-corrected chi connectivity index (χ2v) is 3.95. The van der Waals surface area contributed by atoms with Crippen LogP contribution in [-0.2, 0) is 4.79 Å². The molecule has 0 heterocycles. The minimum absolute atomic E-state index is 0.293. The molecule has 0 amide bonds. The molecular weight excluding hydrogens is 262 g/mol. The number of carboxylic acids is 1. The number of nitrogens with two attached hydrogens (primary N) is 1. The summed E-state index contributed by atoms with van der Waals surface area (Å²) in [7, 11) is 0.